The Balaban J connectivity index is 1.84. The molecule has 0 aromatic heterocycles. The smallest absolute Gasteiger partial charge is 0.240 e. The van der Waals surface area contributed by atoms with E-state index in [9.17, 15) is 14.0 Å². The first-order valence-electron chi connectivity index (χ1n) is 7.44. The van der Waals surface area contributed by atoms with Crippen LogP contribution in [-0.4, -0.2) is 36.4 Å². The van der Waals surface area contributed by atoms with Crippen LogP contribution >= 0.6 is 0 Å². The molecule has 120 valence electrons. The summed E-state index contributed by atoms with van der Waals surface area (Å²) in [6.45, 7) is 0.587. The molecule has 0 saturated carbocycles. The van der Waals surface area contributed by atoms with Crippen LogP contribution in [0.15, 0.2) is 18.2 Å². The van der Waals surface area contributed by atoms with Gasteiger partial charge < -0.3 is 15.4 Å². The highest BCUT2D eigenvalue weighted by atomic mass is 19.1. The Morgan fingerprint density at radius 3 is 2.86 bits per heavy atom. The molecule has 1 fully saturated rings. The number of hydrogen-bond donors (Lipinski definition) is 1. The average Bonchev–Trinajstić information content (AvgIpc) is 2.97. The fourth-order valence-electron chi connectivity index (χ4n) is 2.81. The number of halogens is 1. The van der Waals surface area contributed by atoms with Gasteiger partial charge in [0.2, 0.25) is 11.8 Å². The SMILES string of the molecule is COc1ccc(CCCC(=O)N2CCC[C@@H]2C(N)=O)cc1F. The molecule has 1 aromatic carbocycles. The molecule has 1 aliphatic heterocycles. The van der Waals surface area contributed by atoms with E-state index in [1.54, 1.807) is 17.0 Å². The zero-order valence-electron chi connectivity index (χ0n) is 12.7. The number of likely N-dealkylation sites (tertiary alicyclic amines) is 1. The molecule has 0 radical (unpaired) electrons. The highest BCUT2D eigenvalue weighted by Crippen LogP contribution is 2.21. The standard InChI is InChI=1S/C16H21FN2O3/c1-22-14-8-7-11(10-12(14)17)4-2-6-15(20)19-9-3-5-13(19)16(18)21/h7-8,10,13H,2-6,9H2,1H3,(H2,18,21)/t13-/m1/s1. The lowest BCUT2D eigenvalue weighted by Gasteiger charge is -2.22. The Bertz CT molecular complexity index is 562. The summed E-state index contributed by atoms with van der Waals surface area (Å²) in [6.07, 6.45) is 2.99. The minimum atomic E-state index is -0.467. The fourth-order valence-corrected chi connectivity index (χ4v) is 2.81. The Kier molecular flexibility index (Phi) is 5.35. The maximum Gasteiger partial charge on any atom is 0.240 e. The Labute approximate surface area is 129 Å². The van der Waals surface area contributed by atoms with Crippen LogP contribution in [0.5, 0.6) is 5.75 Å². The van der Waals surface area contributed by atoms with Crippen LogP contribution in [-0.2, 0) is 16.0 Å². The topological polar surface area (TPSA) is 72.6 Å². The lowest BCUT2D eigenvalue weighted by Crippen LogP contribution is -2.43. The number of benzene rings is 1. The Hall–Kier alpha value is -2.11. The van der Waals surface area contributed by atoms with Gasteiger partial charge in [-0.3, -0.25) is 9.59 Å². The summed E-state index contributed by atoms with van der Waals surface area (Å²) in [6, 6.07) is 4.32. The zero-order chi connectivity index (χ0) is 16.1. The lowest BCUT2D eigenvalue weighted by molar-refractivity contribution is -0.137. The molecular formula is C16H21FN2O3. The van der Waals surface area contributed by atoms with E-state index in [4.69, 9.17) is 10.5 Å². The van der Waals surface area contributed by atoms with Crippen molar-refractivity contribution in [3.05, 3.63) is 29.6 Å². The first-order chi connectivity index (χ1) is 10.5. The third kappa shape index (κ3) is 3.75. The van der Waals surface area contributed by atoms with Crippen LogP contribution in [0.4, 0.5) is 4.39 Å². The van der Waals surface area contributed by atoms with Crippen molar-refractivity contribution < 1.29 is 18.7 Å². The van der Waals surface area contributed by atoms with Gasteiger partial charge in [-0.05, 0) is 43.4 Å². The van der Waals surface area contributed by atoms with Crippen molar-refractivity contribution in [2.45, 2.75) is 38.1 Å². The Morgan fingerprint density at radius 1 is 1.45 bits per heavy atom. The quantitative estimate of drug-likeness (QED) is 0.868. The van der Waals surface area contributed by atoms with Crippen molar-refractivity contribution in [3.8, 4) is 5.75 Å². The van der Waals surface area contributed by atoms with E-state index in [-0.39, 0.29) is 11.7 Å². The Morgan fingerprint density at radius 2 is 2.23 bits per heavy atom. The number of nitrogens with zero attached hydrogens (tertiary/aromatic N) is 1. The number of hydrogen-bond acceptors (Lipinski definition) is 3. The van der Waals surface area contributed by atoms with Crippen molar-refractivity contribution in [1.82, 2.24) is 4.90 Å². The number of amides is 2. The van der Waals surface area contributed by atoms with Gasteiger partial charge in [0, 0.05) is 13.0 Å². The third-order valence-corrected chi connectivity index (χ3v) is 3.97. The van der Waals surface area contributed by atoms with Crippen LogP contribution in [0, 0.1) is 5.82 Å². The summed E-state index contributed by atoms with van der Waals surface area (Å²) in [5, 5.41) is 0. The van der Waals surface area contributed by atoms with Crippen molar-refractivity contribution in [1.29, 1.82) is 0 Å². The number of nitrogens with two attached hydrogens (primary N) is 1. The number of methoxy groups -OCH3 is 1. The van der Waals surface area contributed by atoms with Gasteiger partial charge in [-0.25, -0.2) is 4.39 Å². The van der Waals surface area contributed by atoms with Gasteiger partial charge in [0.1, 0.15) is 6.04 Å². The zero-order valence-corrected chi connectivity index (χ0v) is 12.7. The second-order valence-corrected chi connectivity index (χ2v) is 5.47. The molecule has 0 bridgehead atoms. The largest absolute Gasteiger partial charge is 0.494 e. The van der Waals surface area contributed by atoms with E-state index in [2.05, 4.69) is 0 Å². The summed E-state index contributed by atoms with van der Waals surface area (Å²) in [5.41, 5.74) is 6.12. The molecule has 6 heteroatoms. The summed E-state index contributed by atoms with van der Waals surface area (Å²) in [7, 11) is 1.42. The van der Waals surface area contributed by atoms with Gasteiger partial charge in [-0.1, -0.05) is 6.07 Å². The molecule has 1 heterocycles. The van der Waals surface area contributed by atoms with Crippen LogP contribution in [0.25, 0.3) is 0 Å². The van der Waals surface area contributed by atoms with Crippen LogP contribution in [0.2, 0.25) is 0 Å². The molecule has 1 saturated heterocycles. The second kappa shape index (κ2) is 7.24. The normalized spacial score (nSPS) is 17.5. The summed E-state index contributed by atoms with van der Waals surface area (Å²) in [4.78, 5) is 25.0. The predicted octanol–water partition coefficient (Wildman–Crippen LogP) is 1.63. The molecule has 22 heavy (non-hydrogen) atoms. The monoisotopic (exact) mass is 308 g/mol. The molecule has 5 nitrogen and oxygen atoms in total. The van der Waals surface area contributed by atoms with Crippen LogP contribution in [0.3, 0.4) is 0 Å². The van der Waals surface area contributed by atoms with E-state index in [1.807, 2.05) is 0 Å². The highest BCUT2D eigenvalue weighted by molar-refractivity contribution is 5.87. The highest BCUT2D eigenvalue weighted by Gasteiger charge is 2.31. The molecule has 2 amide bonds. The maximum absolute atomic E-state index is 13.6. The second-order valence-electron chi connectivity index (χ2n) is 5.47. The van der Waals surface area contributed by atoms with E-state index in [1.165, 1.54) is 13.2 Å². The van der Waals surface area contributed by atoms with Crippen LogP contribution in [0.1, 0.15) is 31.2 Å². The number of rotatable bonds is 6. The number of aryl methyl sites for hydroxylation is 1. The van der Waals surface area contributed by atoms with Gasteiger partial charge in [0.25, 0.3) is 0 Å². The van der Waals surface area contributed by atoms with E-state index >= 15 is 0 Å². The minimum absolute atomic E-state index is 0.0599. The van der Waals surface area contributed by atoms with E-state index in [0.29, 0.717) is 32.2 Å². The van der Waals surface area contributed by atoms with E-state index < -0.39 is 17.8 Å². The van der Waals surface area contributed by atoms with Gasteiger partial charge in [-0.15, -0.1) is 0 Å². The van der Waals surface area contributed by atoms with Crippen molar-refractivity contribution in [2.24, 2.45) is 5.73 Å². The van der Waals surface area contributed by atoms with Gasteiger partial charge in [0.05, 0.1) is 7.11 Å². The first kappa shape index (κ1) is 16.3. The molecular weight excluding hydrogens is 287 g/mol. The first-order valence-corrected chi connectivity index (χ1v) is 7.44. The number of primary amides is 1. The molecule has 1 aliphatic rings. The molecule has 0 aliphatic carbocycles. The van der Waals surface area contributed by atoms with Crippen molar-refractivity contribution in [3.63, 3.8) is 0 Å². The average molecular weight is 308 g/mol. The van der Waals surface area contributed by atoms with Crippen LogP contribution < -0.4 is 10.5 Å². The molecule has 1 atom stereocenters. The minimum Gasteiger partial charge on any atom is -0.494 e. The van der Waals surface area contributed by atoms with Gasteiger partial charge in [-0.2, -0.15) is 0 Å². The van der Waals surface area contributed by atoms with Gasteiger partial charge in [0.15, 0.2) is 11.6 Å². The summed E-state index contributed by atoms with van der Waals surface area (Å²) < 4.78 is 18.4. The maximum atomic E-state index is 13.6. The van der Waals surface area contributed by atoms with E-state index in [0.717, 1.165) is 12.0 Å². The number of carbonyl (C=O) groups is 2. The third-order valence-electron chi connectivity index (χ3n) is 3.97. The molecule has 0 unspecified atom stereocenters. The molecule has 2 rings (SSSR count). The number of carbonyl (C=O) groups excluding carboxylic acids is 2. The molecule has 1 aromatic rings. The number of ether oxygens (including phenoxy) is 1. The predicted molar refractivity (Wildman–Crippen MR) is 79.8 cm³/mol. The molecule has 0 spiro atoms. The molecule has 2 N–H and O–H groups in total. The van der Waals surface area contributed by atoms with Gasteiger partial charge >= 0.3 is 0 Å². The summed E-state index contributed by atoms with van der Waals surface area (Å²) in [5.74, 6) is -0.695. The summed E-state index contributed by atoms with van der Waals surface area (Å²) >= 11 is 0. The fraction of sp³-hybridized carbons (Fsp3) is 0.500. The lowest BCUT2D eigenvalue weighted by atomic mass is 10.1. The van der Waals surface area contributed by atoms with Crippen molar-refractivity contribution in [2.75, 3.05) is 13.7 Å². The van der Waals surface area contributed by atoms with Crippen molar-refractivity contribution >= 4 is 11.8 Å².